The van der Waals surface area contributed by atoms with Crippen LogP contribution in [0.3, 0.4) is 0 Å². The van der Waals surface area contributed by atoms with Gasteiger partial charge in [-0.05, 0) is 23.8 Å². The lowest BCUT2D eigenvalue weighted by atomic mass is 10.4. The van der Waals surface area contributed by atoms with Crippen molar-refractivity contribution >= 4 is 51.2 Å². The minimum Gasteiger partial charge on any atom is -0.120 e. The Bertz CT molecular complexity index is 609. The van der Waals surface area contributed by atoms with Crippen molar-refractivity contribution in [1.29, 1.82) is 0 Å². The van der Waals surface area contributed by atoms with Gasteiger partial charge < -0.3 is 0 Å². The second-order valence-corrected chi connectivity index (χ2v) is 22.5. The summed E-state index contributed by atoms with van der Waals surface area (Å²) in [5.74, 6) is 0. The molecule has 0 nitrogen and oxygen atoms in total. The first kappa shape index (κ1) is 19.4. The average Bonchev–Trinajstić information content (AvgIpc) is 2.57. The van der Waals surface area contributed by atoms with Crippen LogP contribution >= 0.6 is 29.7 Å². The second-order valence-electron chi connectivity index (χ2n) is 6.41. The molecule has 0 atom stereocenters. The summed E-state index contributed by atoms with van der Waals surface area (Å²) in [6.45, 7) is 6.94. The smallest absolute Gasteiger partial charge is 0.116 e. The number of hydrogen-bond donors (Lipinski definition) is 0. The highest BCUT2D eigenvalue weighted by Crippen LogP contribution is 2.32. The number of rotatable bonds is 3. The summed E-state index contributed by atoms with van der Waals surface area (Å²) in [4.78, 5) is 0. The summed E-state index contributed by atoms with van der Waals surface area (Å²) < 4.78 is 0. The van der Waals surface area contributed by atoms with Crippen LogP contribution in [0, 0.1) is 0 Å². The highest BCUT2D eigenvalue weighted by atomic mass is 127. The second kappa shape index (κ2) is 9.50. The van der Waals surface area contributed by atoms with E-state index >= 15 is 0 Å². The van der Waals surface area contributed by atoms with Gasteiger partial charge in [0.2, 0.25) is 0 Å². The fourth-order valence-electron chi connectivity index (χ4n) is 2.18. The van der Waals surface area contributed by atoms with E-state index in [1.54, 1.807) is 0 Å². The predicted octanol–water partition coefficient (Wildman–Crippen LogP) is 5.70. The number of hydrogen-bond acceptors (Lipinski definition) is 0. The Kier molecular flexibility index (Phi) is 7.67. The Balaban J connectivity index is 0.000000368. The van der Waals surface area contributed by atoms with Gasteiger partial charge in [0.25, 0.3) is 0 Å². The molecule has 0 aliphatic heterocycles. The van der Waals surface area contributed by atoms with E-state index in [0.717, 1.165) is 0 Å². The summed E-state index contributed by atoms with van der Waals surface area (Å²) in [5, 5.41) is 4.19. The third-order valence-corrected chi connectivity index (χ3v) is 5.49. The van der Waals surface area contributed by atoms with Gasteiger partial charge in [-0.25, -0.2) is 0 Å². The van der Waals surface area contributed by atoms with Gasteiger partial charge in [-0.1, -0.05) is 111 Å². The Morgan fingerprint density at radius 1 is 0.542 bits per heavy atom. The molecule has 3 aromatic rings. The highest BCUT2D eigenvalue weighted by Gasteiger charge is 2.14. The van der Waals surface area contributed by atoms with Gasteiger partial charge in [-0.15, -0.1) is 21.8 Å². The van der Waals surface area contributed by atoms with Crippen molar-refractivity contribution < 1.29 is 0 Å². The van der Waals surface area contributed by atoms with E-state index in [2.05, 4.69) is 132 Å². The van der Waals surface area contributed by atoms with Crippen LogP contribution in [-0.4, -0.2) is 5.57 Å². The standard InChI is InChI=1S/C18H15P.C3H9ISi/c1-4-10-16(11-5-1)19(17-12-6-2-7-13-17)18-14-8-3-9-15-18;1-5(2,3)4/h1-15H;1-3H3. The van der Waals surface area contributed by atoms with Crippen LogP contribution in [0.5, 0.6) is 0 Å². The van der Waals surface area contributed by atoms with Gasteiger partial charge in [0.15, 0.2) is 0 Å². The summed E-state index contributed by atoms with van der Waals surface area (Å²) in [6, 6.07) is 32.3. The van der Waals surface area contributed by atoms with Gasteiger partial charge in [0.1, 0.15) is 5.57 Å². The molecule has 0 aliphatic rings. The monoisotopic (exact) mass is 462 g/mol. The Hall–Kier alpha value is -0.963. The van der Waals surface area contributed by atoms with E-state index in [9.17, 15) is 0 Å². The van der Waals surface area contributed by atoms with Crippen LogP contribution < -0.4 is 15.9 Å². The fourth-order valence-corrected chi connectivity index (χ4v) is 4.48. The van der Waals surface area contributed by atoms with E-state index < -0.39 is 13.5 Å². The lowest BCUT2D eigenvalue weighted by molar-refractivity contribution is 1.74. The van der Waals surface area contributed by atoms with Crippen LogP contribution in [0.15, 0.2) is 91.0 Å². The summed E-state index contributed by atoms with van der Waals surface area (Å²) in [6.07, 6.45) is 0. The maximum Gasteiger partial charge on any atom is 0.116 e. The minimum absolute atomic E-state index is 0.446. The third kappa shape index (κ3) is 6.88. The van der Waals surface area contributed by atoms with Crippen LogP contribution in [0.4, 0.5) is 0 Å². The molecular formula is C21H24IPSi. The molecule has 0 unspecified atom stereocenters. The molecule has 3 rings (SSSR count). The number of halogens is 1. The summed E-state index contributed by atoms with van der Waals surface area (Å²) in [7, 11) is -0.446. The van der Waals surface area contributed by atoms with Gasteiger partial charge in [-0.3, -0.25) is 0 Å². The molecule has 0 aromatic heterocycles. The van der Waals surface area contributed by atoms with Crippen LogP contribution in [-0.2, 0) is 0 Å². The van der Waals surface area contributed by atoms with Crippen molar-refractivity contribution in [3.05, 3.63) is 91.0 Å². The van der Waals surface area contributed by atoms with Crippen molar-refractivity contribution in [2.24, 2.45) is 0 Å². The molecule has 0 fully saturated rings. The zero-order valence-electron chi connectivity index (χ0n) is 14.5. The predicted molar refractivity (Wildman–Crippen MR) is 123 cm³/mol. The zero-order chi connectivity index (χ0) is 17.4. The largest absolute Gasteiger partial charge is 0.120 e. The molecule has 0 amide bonds. The van der Waals surface area contributed by atoms with Crippen molar-refractivity contribution in [2.75, 3.05) is 0 Å². The first-order valence-corrected chi connectivity index (χ1v) is 16.0. The molecule has 0 bridgehead atoms. The molecule has 0 saturated carbocycles. The molecule has 3 heteroatoms. The molecule has 3 aromatic carbocycles. The molecule has 124 valence electrons. The van der Waals surface area contributed by atoms with Gasteiger partial charge >= 0.3 is 0 Å². The molecule has 24 heavy (non-hydrogen) atoms. The lowest BCUT2D eigenvalue weighted by Crippen LogP contribution is -2.20. The minimum atomic E-state index is -0.641. The van der Waals surface area contributed by atoms with Crippen LogP contribution in [0.1, 0.15) is 0 Å². The van der Waals surface area contributed by atoms with E-state index in [0.29, 0.717) is 0 Å². The van der Waals surface area contributed by atoms with E-state index in [4.69, 9.17) is 0 Å². The van der Waals surface area contributed by atoms with Crippen LogP contribution in [0.25, 0.3) is 0 Å². The number of benzene rings is 3. The fraction of sp³-hybridized carbons (Fsp3) is 0.143. The first-order chi connectivity index (χ1) is 11.4. The SMILES string of the molecule is C[Si](C)(C)I.c1ccc(P(c2ccccc2)c2ccccc2)cc1. The molecule has 0 N–H and O–H groups in total. The topological polar surface area (TPSA) is 0 Å². The normalized spacial score (nSPS) is 10.9. The van der Waals surface area contributed by atoms with Gasteiger partial charge in [0.05, 0.1) is 0 Å². The first-order valence-electron chi connectivity index (χ1n) is 8.09. The van der Waals surface area contributed by atoms with Gasteiger partial charge in [0, 0.05) is 0 Å². The van der Waals surface area contributed by atoms with Crippen molar-refractivity contribution in [2.45, 2.75) is 19.6 Å². The highest BCUT2D eigenvalue weighted by molar-refractivity contribution is 14.1. The summed E-state index contributed by atoms with van der Waals surface area (Å²) >= 11 is 2.52. The van der Waals surface area contributed by atoms with Crippen LogP contribution in [0.2, 0.25) is 19.6 Å². The molecule has 0 radical (unpaired) electrons. The lowest BCUT2D eigenvalue weighted by Gasteiger charge is -2.18. The molecule has 0 saturated heterocycles. The van der Waals surface area contributed by atoms with Crippen molar-refractivity contribution in [1.82, 2.24) is 0 Å². The van der Waals surface area contributed by atoms with E-state index in [1.807, 2.05) is 0 Å². The molecule has 0 heterocycles. The quantitative estimate of drug-likeness (QED) is 0.203. The maximum absolute atomic E-state index is 2.52. The summed E-state index contributed by atoms with van der Waals surface area (Å²) in [5.41, 5.74) is -0.641. The Morgan fingerprint density at radius 3 is 0.958 bits per heavy atom. The van der Waals surface area contributed by atoms with Crippen molar-refractivity contribution in [3.8, 4) is 0 Å². The van der Waals surface area contributed by atoms with Gasteiger partial charge in [-0.2, -0.15) is 0 Å². The molecule has 0 aliphatic carbocycles. The van der Waals surface area contributed by atoms with E-state index in [1.165, 1.54) is 15.9 Å². The Morgan fingerprint density at radius 2 is 0.750 bits per heavy atom. The Labute approximate surface area is 161 Å². The third-order valence-electron chi connectivity index (χ3n) is 3.04. The molecular weight excluding hydrogens is 438 g/mol. The van der Waals surface area contributed by atoms with E-state index in [-0.39, 0.29) is 0 Å². The average molecular weight is 462 g/mol. The van der Waals surface area contributed by atoms with Crippen molar-refractivity contribution in [3.63, 3.8) is 0 Å². The molecule has 0 spiro atoms. The maximum atomic E-state index is 2.52. The zero-order valence-corrected chi connectivity index (χ0v) is 18.5.